The predicted molar refractivity (Wildman–Crippen MR) is 68.1 cm³/mol. The molecule has 0 radical (unpaired) electrons. The van der Waals surface area contributed by atoms with Gasteiger partial charge >= 0.3 is 5.69 Å². The Bertz CT molecular complexity index is 866. The van der Waals surface area contributed by atoms with Crippen molar-refractivity contribution in [3.63, 3.8) is 0 Å². The molecule has 0 spiro atoms. The number of benzene rings is 1. The van der Waals surface area contributed by atoms with Crippen molar-refractivity contribution in [2.45, 2.75) is 0 Å². The van der Waals surface area contributed by atoms with Gasteiger partial charge in [0.1, 0.15) is 5.56 Å². The minimum atomic E-state index is -1.06. The van der Waals surface area contributed by atoms with Gasteiger partial charge in [0.15, 0.2) is 0 Å². The van der Waals surface area contributed by atoms with E-state index in [1.807, 2.05) is 4.98 Å². The SMILES string of the molecule is O=c1[nH]c(O)c(-c2ccc([N+](=O)[O-])cc2[N+](=O)[O-])c(=O)[nH]1. The van der Waals surface area contributed by atoms with Crippen LogP contribution in [0.15, 0.2) is 27.8 Å². The Morgan fingerprint density at radius 3 is 2.24 bits per heavy atom. The van der Waals surface area contributed by atoms with Crippen LogP contribution in [0.1, 0.15) is 0 Å². The summed E-state index contributed by atoms with van der Waals surface area (Å²) >= 11 is 0. The number of nitrogens with one attached hydrogen (secondary N) is 2. The largest absolute Gasteiger partial charge is 0.494 e. The molecule has 0 fully saturated rings. The summed E-state index contributed by atoms with van der Waals surface area (Å²) in [6.45, 7) is 0. The third kappa shape index (κ3) is 2.47. The van der Waals surface area contributed by atoms with Gasteiger partial charge in [-0.25, -0.2) is 4.79 Å². The zero-order valence-corrected chi connectivity index (χ0v) is 10.0. The van der Waals surface area contributed by atoms with Crippen molar-refractivity contribution in [3.05, 3.63) is 59.3 Å². The minimum absolute atomic E-state index is 0.361. The molecular weight excluding hydrogens is 288 g/mol. The van der Waals surface area contributed by atoms with E-state index in [0.29, 0.717) is 6.07 Å². The topological polar surface area (TPSA) is 172 Å². The second-order valence-corrected chi connectivity index (χ2v) is 3.85. The van der Waals surface area contributed by atoms with E-state index in [2.05, 4.69) is 0 Å². The van der Waals surface area contributed by atoms with Crippen LogP contribution in [0.25, 0.3) is 11.1 Å². The Morgan fingerprint density at radius 1 is 1.05 bits per heavy atom. The van der Waals surface area contributed by atoms with Gasteiger partial charge in [-0.2, -0.15) is 0 Å². The first kappa shape index (κ1) is 13.9. The fraction of sp³-hybridized carbons (Fsp3) is 0. The number of aromatic nitrogens is 2. The van der Waals surface area contributed by atoms with Crippen LogP contribution in [0.2, 0.25) is 0 Å². The van der Waals surface area contributed by atoms with Crippen LogP contribution in [0.4, 0.5) is 11.4 Å². The highest BCUT2D eigenvalue weighted by molar-refractivity contribution is 5.77. The third-order valence-corrected chi connectivity index (χ3v) is 2.58. The monoisotopic (exact) mass is 294 g/mol. The lowest BCUT2D eigenvalue weighted by Gasteiger charge is -2.04. The van der Waals surface area contributed by atoms with Crippen molar-refractivity contribution < 1.29 is 15.0 Å². The molecule has 0 aliphatic rings. The molecule has 0 saturated carbocycles. The van der Waals surface area contributed by atoms with E-state index in [4.69, 9.17) is 0 Å². The lowest BCUT2D eigenvalue weighted by atomic mass is 10.1. The Balaban J connectivity index is 2.82. The molecule has 1 aromatic carbocycles. The Morgan fingerprint density at radius 2 is 1.71 bits per heavy atom. The van der Waals surface area contributed by atoms with E-state index in [1.165, 1.54) is 0 Å². The van der Waals surface area contributed by atoms with Gasteiger partial charge in [0.25, 0.3) is 16.9 Å². The van der Waals surface area contributed by atoms with Crippen LogP contribution in [0.5, 0.6) is 5.88 Å². The van der Waals surface area contributed by atoms with Crippen molar-refractivity contribution in [2.75, 3.05) is 0 Å². The molecule has 21 heavy (non-hydrogen) atoms. The standard InChI is InChI=1S/C10H6N4O7/c15-8-7(9(16)12-10(17)11-8)5-2-1-4(13(18)19)3-6(5)14(20)21/h1-3H,(H3,11,12,15,16,17). The average Bonchev–Trinajstić information content (AvgIpc) is 2.37. The summed E-state index contributed by atoms with van der Waals surface area (Å²) in [5.74, 6) is -0.874. The van der Waals surface area contributed by atoms with Gasteiger partial charge in [0.05, 0.1) is 21.5 Å². The molecule has 0 atom stereocenters. The van der Waals surface area contributed by atoms with Crippen molar-refractivity contribution in [1.82, 2.24) is 9.97 Å². The summed E-state index contributed by atoms with van der Waals surface area (Å²) in [7, 11) is 0. The fourth-order valence-corrected chi connectivity index (χ4v) is 1.72. The maximum absolute atomic E-state index is 11.7. The number of non-ortho nitro benzene ring substituents is 1. The Labute approximate surface area is 113 Å². The van der Waals surface area contributed by atoms with E-state index < -0.39 is 43.9 Å². The number of aromatic amines is 2. The molecule has 1 aromatic heterocycles. The molecule has 0 amide bonds. The van der Waals surface area contributed by atoms with Crippen molar-refractivity contribution >= 4 is 11.4 Å². The lowest BCUT2D eigenvalue weighted by Crippen LogP contribution is -2.23. The zero-order chi connectivity index (χ0) is 15.7. The molecule has 0 aliphatic carbocycles. The Hall–Kier alpha value is -3.50. The summed E-state index contributed by atoms with van der Waals surface area (Å²) in [5.41, 5.74) is -4.28. The molecule has 3 N–H and O–H groups in total. The van der Waals surface area contributed by atoms with E-state index in [-0.39, 0.29) is 5.56 Å². The zero-order valence-electron chi connectivity index (χ0n) is 10.0. The minimum Gasteiger partial charge on any atom is -0.494 e. The summed E-state index contributed by atoms with van der Waals surface area (Å²) in [4.78, 5) is 46.1. The molecule has 1 heterocycles. The first-order valence-corrected chi connectivity index (χ1v) is 5.30. The van der Waals surface area contributed by atoms with Crippen LogP contribution in [0.3, 0.4) is 0 Å². The van der Waals surface area contributed by atoms with E-state index in [9.17, 15) is 34.9 Å². The van der Waals surface area contributed by atoms with Crippen LogP contribution >= 0.6 is 0 Å². The number of hydrogen-bond donors (Lipinski definition) is 3. The van der Waals surface area contributed by atoms with E-state index >= 15 is 0 Å². The van der Waals surface area contributed by atoms with Crippen molar-refractivity contribution in [3.8, 4) is 17.0 Å². The van der Waals surface area contributed by atoms with E-state index in [0.717, 1.165) is 12.1 Å². The van der Waals surface area contributed by atoms with Crippen molar-refractivity contribution in [2.24, 2.45) is 0 Å². The van der Waals surface area contributed by atoms with Gasteiger partial charge in [0.2, 0.25) is 5.88 Å². The van der Waals surface area contributed by atoms with Gasteiger partial charge in [-0.3, -0.25) is 35.0 Å². The predicted octanol–water partition coefficient (Wildman–Crippen LogP) is 0.252. The van der Waals surface area contributed by atoms with Gasteiger partial charge in [-0.05, 0) is 6.07 Å². The highest BCUT2D eigenvalue weighted by Crippen LogP contribution is 2.34. The van der Waals surface area contributed by atoms with Crippen LogP contribution < -0.4 is 11.2 Å². The number of H-pyrrole nitrogens is 2. The smallest absolute Gasteiger partial charge is 0.328 e. The quantitative estimate of drug-likeness (QED) is 0.537. The van der Waals surface area contributed by atoms with Gasteiger partial charge < -0.3 is 5.11 Å². The van der Waals surface area contributed by atoms with Gasteiger partial charge in [-0.15, -0.1) is 0 Å². The molecule has 108 valence electrons. The second-order valence-electron chi connectivity index (χ2n) is 3.85. The maximum Gasteiger partial charge on any atom is 0.328 e. The molecule has 11 nitrogen and oxygen atoms in total. The number of nitro benzene ring substituents is 2. The van der Waals surface area contributed by atoms with Gasteiger partial charge in [-0.1, -0.05) is 0 Å². The fourth-order valence-electron chi connectivity index (χ4n) is 1.72. The van der Waals surface area contributed by atoms with Crippen LogP contribution in [-0.2, 0) is 0 Å². The summed E-state index contributed by atoms with van der Waals surface area (Å²) in [6.07, 6.45) is 0. The molecule has 0 aliphatic heterocycles. The first-order valence-electron chi connectivity index (χ1n) is 5.30. The average molecular weight is 294 g/mol. The number of nitro groups is 2. The number of aromatic hydroxyl groups is 1. The first-order chi connectivity index (χ1) is 9.81. The van der Waals surface area contributed by atoms with Crippen molar-refractivity contribution in [1.29, 1.82) is 0 Å². The second kappa shape index (κ2) is 4.88. The molecule has 0 bridgehead atoms. The molecular formula is C10H6N4O7. The molecule has 0 saturated heterocycles. The molecule has 2 rings (SSSR count). The van der Waals surface area contributed by atoms with Crippen LogP contribution in [-0.4, -0.2) is 24.9 Å². The number of nitrogens with zero attached hydrogens (tertiary/aromatic N) is 2. The summed E-state index contributed by atoms with van der Waals surface area (Å²) in [5, 5.41) is 31.2. The molecule has 0 unspecified atom stereocenters. The summed E-state index contributed by atoms with van der Waals surface area (Å²) < 4.78 is 0. The normalized spacial score (nSPS) is 10.3. The number of rotatable bonds is 3. The van der Waals surface area contributed by atoms with Crippen LogP contribution in [0, 0.1) is 20.2 Å². The highest BCUT2D eigenvalue weighted by Gasteiger charge is 2.24. The third-order valence-electron chi connectivity index (χ3n) is 2.58. The summed E-state index contributed by atoms with van der Waals surface area (Å²) in [6, 6.07) is 2.53. The van der Waals surface area contributed by atoms with Gasteiger partial charge in [0, 0.05) is 6.07 Å². The molecule has 11 heteroatoms. The Kier molecular flexibility index (Phi) is 3.24. The maximum atomic E-state index is 11.7. The van der Waals surface area contributed by atoms with E-state index in [1.54, 1.807) is 4.98 Å². The lowest BCUT2D eigenvalue weighted by molar-refractivity contribution is -0.393. The molecule has 2 aromatic rings. The number of hydrogen-bond acceptors (Lipinski definition) is 7. The highest BCUT2D eigenvalue weighted by atomic mass is 16.6.